The van der Waals surface area contributed by atoms with Crippen LogP contribution in [0.25, 0.3) is 5.69 Å². The average molecular weight is 452 g/mol. The van der Waals surface area contributed by atoms with Gasteiger partial charge in [-0.2, -0.15) is 0 Å². The number of hydrogen-bond donors (Lipinski definition) is 1. The van der Waals surface area contributed by atoms with E-state index in [2.05, 4.69) is 72.4 Å². The van der Waals surface area contributed by atoms with Crippen molar-refractivity contribution >= 4 is 11.7 Å². The topological polar surface area (TPSA) is 46.5 Å². The first-order chi connectivity index (χ1) is 16.5. The highest BCUT2D eigenvalue weighted by atomic mass is 16.5. The number of hydrogen-bond acceptors (Lipinski definition) is 2. The number of carbonyl (C=O) groups excluding carboxylic acids is 1. The Labute approximate surface area is 200 Å². The largest absolute Gasteiger partial charge is 0.497 e. The van der Waals surface area contributed by atoms with Crippen LogP contribution in [0, 0.1) is 0 Å². The molecule has 0 aliphatic carbocycles. The Morgan fingerprint density at radius 2 is 1.76 bits per heavy atom. The number of ether oxygens (including phenoxy) is 1. The zero-order chi connectivity index (χ0) is 23.7. The lowest BCUT2D eigenvalue weighted by Crippen LogP contribution is -2.37. The Morgan fingerprint density at radius 3 is 2.53 bits per heavy atom. The van der Waals surface area contributed by atoms with Gasteiger partial charge in [-0.05, 0) is 52.9 Å². The van der Waals surface area contributed by atoms with Crippen molar-refractivity contribution in [3.63, 3.8) is 0 Å². The van der Waals surface area contributed by atoms with Gasteiger partial charge in [0.25, 0.3) is 0 Å². The molecule has 0 saturated carbocycles. The van der Waals surface area contributed by atoms with Crippen LogP contribution in [-0.4, -0.2) is 22.6 Å². The maximum atomic E-state index is 13.8. The summed E-state index contributed by atoms with van der Waals surface area (Å²) in [7, 11) is 1.62. The van der Waals surface area contributed by atoms with Crippen molar-refractivity contribution in [3.8, 4) is 11.4 Å². The van der Waals surface area contributed by atoms with Crippen LogP contribution in [0.5, 0.6) is 5.75 Å². The molecule has 5 heteroatoms. The molecular formula is C29H29N3O2. The fourth-order valence-corrected chi connectivity index (χ4v) is 4.65. The van der Waals surface area contributed by atoms with Gasteiger partial charge < -0.3 is 19.5 Å². The van der Waals surface area contributed by atoms with E-state index in [9.17, 15) is 4.79 Å². The number of para-hydroxylation sites is 1. The Bertz CT molecular complexity index is 1310. The molecule has 1 aliphatic rings. The maximum Gasteiger partial charge on any atom is 0.322 e. The molecule has 0 saturated heterocycles. The summed E-state index contributed by atoms with van der Waals surface area (Å²) in [5.41, 5.74) is 6.32. The number of aromatic nitrogens is 1. The predicted molar refractivity (Wildman–Crippen MR) is 136 cm³/mol. The van der Waals surface area contributed by atoms with E-state index < -0.39 is 0 Å². The zero-order valence-corrected chi connectivity index (χ0v) is 19.7. The molecule has 0 radical (unpaired) electrons. The molecule has 172 valence electrons. The van der Waals surface area contributed by atoms with E-state index in [-0.39, 0.29) is 12.1 Å². The summed E-state index contributed by atoms with van der Waals surface area (Å²) in [5, 5.41) is 3.10. The van der Waals surface area contributed by atoms with E-state index in [1.54, 1.807) is 7.11 Å². The van der Waals surface area contributed by atoms with Gasteiger partial charge in [0.05, 0.1) is 25.4 Å². The summed E-state index contributed by atoms with van der Waals surface area (Å²) >= 11 is 0. The van der Waals surface area contributed by atoms with Crippen LogP contribution < -0.4 is 10.1 Å². The van der Waals surface area contributed by atoms with Crippen molar-refractivity contribution in [2.24, 2.45) is 0 Å². The Hall–Kier alpha value is -3.99. The smallest absolute Gasteiger partial charge is 0.322 e. The first-order valence-corrected chi connectivity index (χ1v) is 11.6. The summed E-state index contributed by atoms with van der Waals surface area (Å²) in [5.74, 6) is 1.15. The van der Waals surface area contributed by atoms with E-state index in [1.807, 2.05) is 47.4 Å². The van der Waals surface area contributed by atoms with Crippen LogP contribution in [0.3, 0.4) is 0 Å². The quantitative estimate of drug-likeness (QED) is 0.373. The number of nitrogens with zero attached hydrogens (tertiary/aromatic N) is 2. The summed E-state index contributed by atoms with van der Waals surface area (Å²) < 4.78 is 7.54. The third kappa shape index (κ3) is 4.05. The zero-order valence-electron chi connectivity index (χ0n) is 19.7. The van der Waals surface area contributed by atoms with Crippen molar-refractivity contribution < 1.29 is 9.53 Å². The second-order valence-electron chi connectivity index (χ2n) is 8.95. The highest BCUT2D eigenvalue weighted by Gasteiger charge is 2.33. The molecule has 0 fully saturated rings. The number of rotatable bonds is 4. The molecule has 0 spiro atoms. The second-order valence-corrected chi connectivity index (χ2v) is 8.95. The second kappa shape index (κ2) is 9.10. The maximum absolute atomic E-state index is 13.8. The van der Waals surface area contributed by atoms with Crippen molar-refractivity contribution in [3.05, 3.63) is 114 Å². The van der Waals surface area contributed by atoms with Crippen molar-refractivity contribution in [1.82, 2.24) is 9.47 Å². The molecule has 1 atom stereocenters. The van der Waals surface area contributed by atoms with Gasteiger partial charge in [0.15, 0.2) is 0 Å². The summed E-state index contributed by atoms with van der Waals surface area (Å²) in [4.78, 5) is 15.7. The molecule has 4 aromatic rings. The molecular weight excluding hydrogens is 422 g/mol. The minimum atomic E-state index is -0.241. The number of anilines is 1. The van der Waals surface area contributed by atoms with Crippen LogP contribution in [0.4, 0.5) is 10.5 Å². The first kappa shape index (κ1) is 21.8. The minimum absolute atomic E-state index is 0.157. The standard InChI is InChI=1S/C29H29N3O2/c1-20(2)21-13-15-22(16-14-21)28-27-12-7-17-31(27)26-11-5-4-8-23(26)19-32(28)29(33)30-24-9-6-10-25(18-24)34-3/h4-18,20,28H,19H2,1-3H3,(H,30,33). The lowest BCUT2D eigenvalue weighted by Gasteiger charge is -2.31. The fourth-order valence-electron chi connectivity index (χ4n) is 4.65. The minimum Gasteiger partial charge on any atom is -0.497 e. The summed E-state index contributed by atoms with van der Waals surface area (Å²) in [6.07, 6.45) is 2.08. The molecule has 34 heavy (non-hydrogen) atoms. The molecule has 1 aliphatic heterocycles. The van der Waals surface area contributed by atoms with Crippen molar-refractivity contribution in [1.29, 1.82) is 0 Å². The molecule has 5 nitrogen and oxygen atoms in total. The van der Waals surface area contributed by atoms with Gasteiger partial charge in [-0.3, -0.25) is 0 Å². The third-order valence-electron chi connectivity index (χ3n) is 6.46. The fraction of sp³-hybridized carbons (Fsp3) is 0.207. The van der Waals surface area contributed by atoms with Crippen LogP contribution in [0.2, 0.25) is 0 Å². The van der Waals surface area contributed by atoms with Gasteiger partial charge in [0.1, 0.15) is 5.75 Å². The number of nitrogens with one attached hydrogen (secondary N) is 1. The van der Waals surface area contributed by atoms with E-state index in [0.29, 0.717) is 23.9 Å². The highest BCUT2D eigenvalue weighted by molar-refractivity contribution is 5.90. The van der Waals surface area contributed by atoms with Crippen LogP contribution in [-0.2, 0) is 6.54 Å². The van der Waals surface area contributed by atoms with E-state index in [0.717, 1.165) is 22.5 Å². The molecule has 1 N–H and O–H groups in total. The summed E-state index contributed by atoms with van der Waals surface area (Å²) in [6, 6.07) is 28.1. The van der Waals surface area contributed by atoms with Gasteiger partial charge in [0, 0.05) is 23.6 Å². The van der Waals surface area contributed by atoms with E-state index in [1.165, 1.54) is 5.56 Å². The number of carbonyl (C=O) groups is 1. The van der Waals surface area contributed by atoms with Gasteiger partial charge in [0.2, 0.25) is 0 Å². The van der Waals surface area contributed by atoms with Gasteiger partial charge >= 0.3 is 6.03 Å². The molecule has 2 amide bonds. The molecule has 1 unspecified atom stereocenters. The van der Waals surface area contributed by atoms with Gasteiger partial charge in [-0.25, -0.2) is 4.79 Å². The van der Waals surface area contributed by atoms with Gasteiger partial charge in [-0.1, -0.05) is 62.4 Å². The number of amides is 2. The number of fused-ring (bicyclic) bond motifs is 3. The molecule has 2 heterocycles. The number of urea groups is 1. The monoisotopic (exact) mass is 451 g/mol. The molecule has 1 aromatic heterocycles. The molecule has 0 bridgehead atoms. The highest BCUT2D eigenvalue weighted by Crippen LogP contribution is 2.37. The normalized spacial score (nSPS) is 14.8. The lowest BCUT2D eigenvalue weighted by atomic mass is 9.97. The lowest BCUT2D eigenvalue weighted by molar-refractivity contribution is 0.194. The van der Waals surface area contributed by atoms with E-state index >= 15 is 0 Å². The number of methoxy groups -OCH3 is 1. The Kier molecular flexibility index (Phi) is 5.84. The van der Waals surface area contributed by atoms with Crippen LogP contribution in [0.1, 0.15) is 48.2 Å². The van der Waals surface area contributed by atoms with Crippen molar-refractivity contribution in [2.75, 3.05) is 12.4 Å². The third-order valence-corrected chi connectivity index (χ3v) is 6.46. The Morgan fingerprint density at radius 1 is 0.971 bits per heavy atom. The SMILES string of the molecule is COc1cccc(NC(=O)N2Cc3ccccc3-n3cccc3C2c2ccc(C(C)C)cc2)c1. The predicted octanol–water partition coefficient (Wildman–Crippen LogP) is 6.75. The van der Waals surface area contributed by atoms with Gasteiger partial charge in [-0.15, -0.1) is 0 Å². The van der Waals surface area contributed by atoms with E-state index in [4.69, 9.17) is 4.74 Å². The van der Waals surface area contributed by atoms with Crippen LogP contribution in [0.15, 0.2) is 91.1 Å². The molecule has 3 aromatic carbocycles. The first-order valence-electron chi connectivity index (χ1n) is 11.6. The van der Waals surface area contributed by atoms with Crippen LogP contribution >= 0.6 is 0 Å². The molecule has 5 rings (SSSR count). The average Bonchev–Trinajstić information content (AvgIpc) is 3.28. The number of benzene rings is 3. The Balaban J connectivity index is 1.60. The summed E-state index contributed by atoms with van der Waals surface area (Å²) in [6.45, 7) is 4.87. The van der Waals surface area contributed by atoms with Crippen molar-refractivity contribution in [2.45, 2.75) is 32.4 Å².